The van der Waals surface area contributed by atoms with Crippen LogP contribution in [0.25, 0.3) is 0 Å². The Morgan fingerprint density at radius 1 is 0.962 bits per heavy atom. The minimum Gasteiger partial charge on any atom is -0.481 e. The van der Waals surface area contributed by atoms with Crippen LogP contribution in [-0.2, 0) is 4.79 Å². The molecule has 3 aliphatic heterocycles. The van der Waals surface area contributed by atoms with Gasteiger partial charge < -0.3 is 14.9 Å². The molecule has 0 saturated carbocycles. The van der Waals surface area contributed by atoms with E-state index in [0.29, 0.717) is 43.9 Å². The molecule has 0 unspecified atom stereocenters. The van der Waals surface area contributed by atoms with Crippen molar-refractivity contribution in [2.75, 3.05) is 13.1 Å². The van der Waals surface area contributed by atoms with E-state index in [2.05, 4.69) is 36.1 Å². The molecule has 26 heavy (non-hydrogen) atoms. The highest BCUT2D eigenvalue weighted by Gasteiger charge is 2.45. The lowest BCUT2D eigenvalue weighted by Crippen LogP contribution is -2.53. The third kappa shape index (κ3) is 3.19. The van der Waals surface area contributed by atoms with E-state index in [9.17, 15) is 9.59 Å². The van der Waals surface area contributed by atoms with Crippen LogP contribution < -0.4 is 0 Å². The number of carbonyl (C=O) groups excluding carboxylic acids is 1. The molecular formula is C21H28N2O3. The lowest BCUT2D eigenvalue weighted by Gasteiger charge is -2.43. The summed E-state index contributed by atoms with van der Waals surface area (Å²) in [6.07, 6.45) is 5.47. The van der Waals surface area contributed by atoms with Crippen LogP contribution in [0.15, 0.2) is 24.3 Å². The molecule has 5 heteroatoms. The van der Waals surface area contributed by atoms with Crippen LogP contribution in [0.2, 0.25) is 0 Å². The van der Waals surface area contributed by atoms with E-state index in [1.165, 1.54) is 11.1 Å². The summed E-state index contributed by atoms with van der Waals surface area (Å²) in [6.45, 7) is 3.27. The van der Waals surface area contributed by atoms with Crippen molar-refractivity contribution in [1.82, 2.24) is 9.80 Å². The molecule has 3 heterocycles. The Bertz CT molecular complexity index is 665. The Labute approximate surface area is 155 Å². The van der Waals surface area contributed by atoms with Gasteiger partial charge in [-0.1, -0.05) is 29.8 Å². The molecule has 0 radical (unpaired) electrons. The summed E-state index contributed by atoms with van der Waals surface area (Å²) in [5.41, 5.74) is 2.69. The van der Waals surface area contributed by atoms with Crippen LogP contribution in [-0.4, -0.2) is 52.1 Å². The predicted molar refractivity (Wildman–Crippen MR) is 99.1 cm³/mol. The lowest BCUT2D eigenvalue weighted by molar-refractivity contribution is -0.143. The fourth-order valence-corrected chi connectivity index (χ4v) is 5.08. The number of amides is 2. The first kappa shape index (κ1) is 17.4. The Morgan fingerprint density at radius 3 is 2.08 bits per heavy atom. The van der Waals surface area contributed by atoms with E-state index < -0.39 is 5.97 Å². The smallest absolute Gasteiger partial charge is 0.320 e. The molecule has 0 aliphatic carbocycles. The van der Waals surface area contributed by atoms with Gasteiger partial charge in [-0.25, -0.2) is 4.79 Å². The molecule has 3 atom stereocenters. The van der Waals surface area contributed by atoms with E-state index in [-0.39, 0.29) is 11.9 Å². The summed E-state index contributed by atoms with van der Waals surface area (Å²) < 4.78 is 0. The van der Waals surface area contributed by atoms with Gasteiger partial charge in [-0.15, -0.1) is 0 Å². The van der Waals surface area contributed by atoms with Crippen molar-refractivity contribution in [2.24, 2.45) is 5.92 Å². The number of fused-ring (bicyclic) bond motifs is 2. The van der Waals surface area contributed by atoms with Crippen molar-refractivity contribution in [3.63, 3.8) is 0 Å². The number of carboxylic acids is 1. The zero-order chi connectivity index (χ0) is 18.3. The topological polar surface area (TPSA) is 60.9 Å². The van der Waals surface area contributed by atoms with Crippen LogP contribution in [0.4, 0.5) is 4.79 Å². The first-order valence-corrected chi connectivity index (χ1v) is 9.89. The fraction of sp³-hybridized carbons (Fsp3) is 0.619. The van der Waals surface area contributed by atoms with Crippen molar-refractivity contribution in [3.05, 3.63) is 35.4 Å². The number of benzene rings is 1. The lowest BCUT2D eigenvalue weighted by atomic mass is 9.85. The van der Waals surface area contributed by atoms with E-state index in [1.807, 2.05) is 4.90 Å². The normalized spacial score (nSPS) is 29.0. The molecule has 0 spiro atoms. The number of urea groups is 1. The van der Waals surface area contributed by atoms with Crippen molar-refractivity contribution >= 4 is 12.0 Å². The number of aryl methyl sites for hydroxylation is 1. The maximum Gasteiger partial charge on any atom is 0.320 e. The quantitative estimate of drug-likeness (QED) is 0.880. The SMILES string of the molecule is Cc1ccc([C@H]2C[C@H]3CC[C@@H](C2)N3C(=O)N2CCC(C(=O)O)CC2)cc1. The van der Waals surface area contributed by atoms with Gasteiger partial charge in [-0.2, -0.15) is 0 Å². The molecule has 140 valence electrons. The van der Waals surface area contributed by atoms with Crippen LogP contribution >= 0.6 is 0 Å². The maximum absolute atomic E-state index is 13.1. The highest BCUT2D eigenvalue weighted by molar-refractivity contribution is 5.76. The van der Waals surface area contributed by atoms with E-state index in [4.69, 9.17) is 5.11 Å². The molecule has 3 fully saturated rings. The highest BCUT2D eigenvalue weighted by atomic mass is 16.4. The van der Waals surface area contributed by atoms with E-state index in [1.54, 1.807) is 0 Å². The average molecular weight is 356 g/mol. The van der Waals surface area contributed by atoms with Crippen LogP contribution in [0.1, 0.15) is 55.6 Å². The van der Waals surface area contributed by atoms with Crippen molar-refractivity contribution in [1.29, 1.82) is 0 Å². The molecule has 5 nitrogen and oxygen atoms in total. The number of carbonyl (C=O) groups is 2. The largest absolute Gasteiger partial charge is 0.481 e. The molecule has 2 amide bonds. The third-order valence-corrected chi connectivity index (χ3v) is 6.62. The minimum absolute atomic E-state index is 0.142. The van der Waals surface area contributed by atoms with E-state index >= 15 is 0 Å². The fourth-order valence-electron chi connectivity index (χ4n) is 5.08. The molecule has 1 aromatic rings. The molecular weight excluding hydrogens is 328 g/mol. The first-order chi connectivity index (χ1) is 12.5. The Hall–Kier alpha value is -2.04. The first-order valence-electron chi connectivity index (χ1n) is 9.89. The summed E-state index contributed by atoms with van der Waals surface area (Å²) in [4.78, 5) is 28.2. The van der Waals surface area contributed by atoms with Crippen molar-refractivity contribution in [2.45, 2.75) is 63.5 Å². The average Bonchev–Trinajstić information content (AvgIpc) is 2.91. The standard InChI is InChI=1S/C21H28N2O3/c1-14-2-4-15(5-3-14)17-12-18-6-7-19(13-17)23(18)21(26)22-10-8-16(9-11-22)20(24)25/h2-5,16-19H,6-13H2,1H3,(H,24,25)/t17-,18+,19-. The maximum atomic E-state index is 13.1. The molecule has 0 aromatic heterocycles. The number of hydrogen-bond donors (Lipinski definition) is 1. The number of nitrogens with zero attached hydrogens (tertiary/aromatic N) is 2. The summed E-state index contributed by atoms with van der Waals surface area (Å²) in [7, 11) is 0. The second-order valence-electron chi connectivity index (χ2n) is 8.25. The molecule has 1 N–H and O–H groups in total. The molecule has 3 saturated heterocycles. The van der Waals surface area contributed by atoms with Crippen molar-refractivity contribution < 1.29 is 14.7 Å². The van der Waals surface area contributed by atoms with Crippen LogP contribution in [0, 0.1) is 12.8 Å². The zero-order valence-corrected chi connectivity index (χ0v) is 15.4. The van der Waals surface area contributed by atoms with Crippen molar-refractivity contribution in [3.8, 4) is 0 Å². The molecule has 1 aromatic carbocycles. The van der Waals surface area contributed by atoms with Crippen LogP contribution in [0.3, 0.4) is 0 Å². The van der Waals surface area contributed by atoms with Gasteiger partial charge in [0.25, 0.3) is 0 Å². The second-order valence-corrected chi connectivity index (χ2v) is 8.25. The summed E-state index contributed by atoms with van der Waals surface area (Å²) >= 11 is 0. The molecule has 2 bridgehead atoms. The van der Waals surface area contributed by atoms with Gasteiger partial charge in [0, 0.05) is 25.2 Å². The Balaban J connectivity index is 1.41. The van der Waals surface area contributed by atoms with Gasteiger partial charge >= 0.3 is 12.0 Å². The van der Waals surface area contributed by atoms with Crippen LogP contribution in [0.5, 0.6) is 0 Å². The minimum atomic E-state index is -0.726. The zero-order valence-electron chi connectivity index (χ0n) is 15.4. The number of likely N-dealkylation sites (tertiary alicyclic amines) is 1. The van der Waals surface area contributed by atoms with Gasteiger partial charge in [0.05, 0.1) is 5.92 Å². The summed E-state index contributed by atoms with van der Waals surface area (Å²) in [5, 5.41) is 9.15. The monoisotopic (exact) mass is 356 g/mol. The predicted octanol–water partition coefficient (Wildman–Crippen LogP) is 3.62. The highest BCUT2D eigenvalue weighted by Crippen LogP contribution is 2.43. The number of rotatable bonds is 2. The number of piperidine rings is 2. The van der Waals surface area contributed by atoms with E-state index in [0.717, 1.165) is 25.7 Å². The second kappa shape index (κ2) is 6.93. The Morgan fingerprint density at radius 2 is 1.54 bits per heavy atom. The van der Waals surface area contributed by atoms with Gasteiger partial charge in [-0.05, 0) is 56.9 Å². The van der Waals surface area contributed by atoms with Gasteiger partial charge in [0.2, 0.25) is 0 Å². The number of aliphatic carboxylic acids is 1. The van der Waals surface area contributed by atoms with Gasteiger partial charge in [0.15, 0.2) is 0 Å². The van der Waals surface area contributed by atoms with Gasteiger partial charge in [0.1, 0.15) is 0 Å². The number of hydrogen-bond acceptors (Lipinski definition) is 2. The number of carboxylic acid groups (broad SMARTS) is 1. The summed E-state index contributed by atoms with van der Waals surface area (Å²) in [6, 6.07) is 9.67. The Kier molecular flexibility index (Phi) is 4.63. The molecule has 3 aliphatic rings. The third-order valence-electron chi connectivity index (χ3n) is 6.62. The molecule has 4 rings (SSSR count). The summed E-state index contributed by atoms with van der Waals surface area (Å²) in [5.74, 6) is -0.464. The van der Waals surface area contributed by atoms with Gasteiger partial charge in [-0.3, -0.25) is 4.79 Å².